The molecule has 0 radical (unpaired) electrons. The molecule has 1 rings (SSSR count). The Bertz CT molecular complexity index is 559. The van der Waals surface area contributed by atoms with Gasteiger partial charge < -0.3 is 0 Å². The minimum Gasteiger partial charge on any atom is -0.263 e. The van der Waals surface area contributed by atoms with Gasteiger partial charge in [-0.3, -0.25) is 30.3 Å². The number of thioether (sulfide) groups is 1. The Balaban J connectivity index is 3.25. The number of nitrogens with zero attached hydrogens (tertiary/aromatic N) is 3. The van der Waals surface area contributed by atoms with Gasteiger partial charge in [-0.15, -0.1) is 0 Å². The Kier molecular flexibility index (Phi) is 4.04. The summed E-state index contributed by atoms with van der Waals surface area (Å²) in [6.07, 6.45) is 0. The molecule has 0 spiro atoms. The average molecular weight is 287 g/mol. The van der Waals surface area contributed by atoms with Gasteiger partial charge >= 0.3 is 0 Å². The van der Waals surface area contributed by atoms with Gasteiger partial charge in [0.25, 0.3) is 16.2 Å². The molecule has 0 fully saturated rings. The highest BCUT2D eigenvalue weighted by Gasteiger charge is 2.35. The highest BCUT2D eigenvalue weighted by atomic mass is 32.2. The minimum atomic E-state index is -1.47. The third kappa shape index (κ3) is 3.37. The van der Waals surface area contributed by atoms with Crippen molar-refractivity contribution < 1.29 is 14.8 Å². The van der Waals surface area contributed by atoms with Crippen molar-refractivity contribution in [2.75, 3.05) is 0 Å². The Morgan fingerprint density at radius 1 is 1.05 bits per heavy atom. The summed E-state index contributed by atoms with van der Waals surface area (Å²) in [6, 6.07) is 3.01. The summed E-state index contributed by atoms with van der Waals surface area (Å²) < 4.78 is 0. The first-order valence-electron chi connectivity index (χ1n) is 4.91. The first-order valence-corrected chi connectivity index (χ1v) is 5.73. The number of benzene rings is 1. The molecule has 0 unspecified atom stereocenters. The zero-order chi connectivity index (χ0) is 14.8. The van der Waals surface area contributed by atoms with Crippen molar-refractivity contribution in [2.24, 2.45) is 0 Å². The molecular formula is C9H9N3O6S. The lowest BCUT2D eigenvalue weighted by molar-refractivity contribution is -0.529. The SMILES string of the molecule is CC(C)(Sc1ccc([N+](=O)[O-])cc1[N+](=O)[O-])[N+](=O)[O-]. The van der Waals surface area contributed by atoms with Crippen LogP contribution in [0.25, 0.3) is 0 Å². The molecule has 19 heavy (non-hydrogen) atoms. The maximum Gasteiger partial charge on any atom is 0.290 e. The molecule has 0 aliphatic heterocycles. The van der Waals surface area contributed by atoms with E-state index in [1.54, 1.807) is 0 Å². The van der Waals surface area contributed by atoms with Crippen LogP contribution >= 0.6 is 11.8 Å². The number of hydrogen-bond donors (Lipinski definition) is 0. The van der Waals surface area contributed by atoms with E-state index in [1.165, 1.54) is 13.8 Å². The van der Waals surface area contributed by atoms with Gasteiger partial charge in [0.1, 0.15) is 0 Å². The molecular weight excluding hydrogens is 278 g/mol. The van der Waals surface area contributed by atoms with Crippen LogP contribution in [0.5, 0.6) is 0 Å². The topological polar surface area (TPSA) is 129 Å². The van der Waals surface area contributed by atoms with Crippen molar-refractivity contribution in [3.63, 3.8) is 0 Å². The molecule has 10 heteroatoms. The van der Waals surface area contributed by atoms with Crippen molar-refractivity contribution in [2.45, 2.75) is 23.6 Å². The summed E-state index contributed by atoms with van der Waals surface area (Å²) in [5.74, 6) is 0. The van der Waals surface area contributed by atoms with Gasteiger partial charge in [0.2, 0.25) is 0 Å². The molecule has 0 aliphatic rings. The normalized spacial score (nSPS) is 11.1. The van der Waals surface area contributed by atoms with Crippen LogP contribution in [0.4, 0.5) is 11.4 Å². The molecule has 9 nitrogen and oxygen atoms in total. The summed E-state index contributed by atoms with van der Waals surface area (Å²) >= 11 is 0.666. The van der Waals surface area contributed by atoms with Gasteiger partial charge in [-0.25, -0.2) is 0 Å². The summed E-state index contributed by atoms with van der Waals surface area (Å²) in [6.45, 7) is 2.59. The number of hydrogen-bond acceptors (Lipinski definition) is 7. The number of nitro groups is 3. The first kappa shape index (κ1) is 14.8. The number of rotatable bonds is 5. The largest absolute Gasteiger partial charge is 0.290 e. The Labute approximate surface area is 111 Å². The highest BCUT2D eigenvalue weighted by Crippen LogP contribution is 2.39. The summed E-state index contributed by atoms with van der Waals surface area (Å²) in [5, 5.41) is 32.2. The molecule has 0 N–H and O–H groups in total. The predicted molar refractivity (Wildman–Crippen MR) is 66.7 cm³/mol. The van der Waals surface area contributed by atoms with Gasteiger partial charge in [-0.1, -0.05) is 0 Å². The van der Waals surface area contributed by atoms with E-state index in [-0.39, 0.29) is 4.90 Å². The van der Waals surface area contributed by atoms with Gasteiger partial charge in [-0.05, 0) is 17.8 Å². The molecule has 0 atom stereocenters. The van der Waals surface area contributed by atoms with Crippen LogP contribution in [0.1, 0.15) is 13.8 Å². The highest BCUT2D eigenvalue weighted by molar-refractivity contribution is 8.00. The van der Waals surface area contributed by atoms with Crippen molar-refractivity contribution in [1.82, 2.24) is 0 Å². The predicted octanol–water partition coefficient (Wildman–Crippen LogP) is 2.61. The van der Waals surface area contributed by atoms with E-state index in [0.717, 1.165) is 18.2 Å². The van der Waals surface area contributed by atoms with Gasteiger partial charge in [-0.2, -0.15) is 0 Å². The van der Waals surface area contributed by atoms with Crippen molar-refractivity contribution >= 4 is 23.1 Å². The van der Waals surface area contributed by atoms with Crippen molar-refractivity contribution in [1.29, 1.82) is 0 Å². The van der Waals surface area contributed by atoms with Gasteiger partial charge in [0.15, 0.2) is 0 Å². The molecule has 0 aliphatic carbocycles. The summed E-state index contributed by atoms with van der Waals surface area (Å²) in [7, 11) is 0. The average Bonchev–Trinajstić information content (AvgIpc) is 2.28. The van der Waals surface area contributed by atoms with E-state index in [0.29, 0.717) is 11.8 Å². The maximum atomic E-state index is 10.9. The van der Waals surface area contributed by atoms with Crippen LogP contribution in [-0.4, -0.2) is 19.6 Å². The van der Waals surface area contributed by atoms with Gasteiger partial charge in [0, 0.05) is 24.8 Å². The molecule has 0 bridgehead atoms. The molecule has 102 valence electrons. The fourth-order valence-corrected chi connectivity index (χ4v) is 2.14. The van der Waals surface area contributed by atoms with E-state index in [9.17, 15) is 30.3 Å². The number of nitro benzene ring substituents is 2. The monoisotopic (exact) mass is 287 g/mol. The van der Waals surface area contributed by atoms with E-state index in [2.05, 4.69) is 0 Å². The van der Waals surface area contributed by atoms with Crippen LogP contribution in [0.3, 0.4) is 0 Å². The second kappa shape index (κ2) is 5.18. The fourth-order valence-electron chi connectivity index (χ4n) is 1.15. The van der Waals surface area contributed by atoms with E-state index >= 15 is 0 Å². The Hall–Kier alpha value is -2.23. The third-order valence-electron chi connectivity index (χ3n) is 2.15. The van der Waals surface area contributed by atoms with Crippen molar-refractivity contribution in [3.8, 4) is 0 Å². The standard InChI is InChI=1S/C9H9N3O6S/c1-9(2,12(17)18)19-8-4-3-6(10(13)14)5-7(8)11(15)16/h3-5H,1-2H3. The molecule has 0 amide bonds. The lowest BCUT2D eigenvalue weighted by Gasteiger charge is -2.14. The second-order valence-corrected chi connectivity index (χ2v) is 5.62. The van der Waals surface area contributed by atoms with E-state index in [4.69, 9.17) is 0 Å². The van der Waals surface area contributed by atoms with E-state index < -0.39 is 31.0 Å². The second-order valence-electron chi connectivity index (χ2n) is 3.97. The lowest BCUT2D eigenvalue weighted by atomic mass is 10.3. The van der Waals surface area contributed by atoms with E-state index in [1.807, 2.05) is 0 Å². The Morgan fingerprint density at radius 3 is 2.05 bits per heavy atom. The molecule has 0 saturated heterocycles. The lowest BCUT2D eigenvalue weighted by Crippen LogP contribution is -2.26. The van der Waals surface area contributed by atoms with Crippen LogP contribution in [0.2, 0.25) is 0 Å². The zero-order valence-corrected chi connectivity index (χ0v) is 10.7. The van der Waals surface area contributed by atoms with Crippen LogP contribution in [0, 0.1) is 30.3 Å². The molecule has 1 aromatic rings. The van der Waals surface area contributed by atoms with Crippen LogP contribution in [0.15, 0.2) is 23.1 Å². The summed E-state index contributed by atoms with van der Waals surface area (Å²) in [5.41, 5.74) is -0.955. The third-order valence-corrected chi connectivity index (χ3v) is 3.36. The van der Waals surface area contributed by atoms with Crippen LogP contribution in [-0.2, 0) is 0 Å². The molecule has 0 heterocycles. The minimum absolute atomic E-state index is 0.0114. The van der Waals surface area contributed by atoms with Gasteiger partial charge in [0.05, 0.1) is 20.8 Å². The number of non-ortho nitro benzene ring substituents is 1. The fraction of sp³-hybridized carbons (Fsp3) is 0.333. The molecule has 1 aromatic carbocycles. The first-order chi connectivity index (χ1) is 8.65. The smallest absolute Gasteiger partial charge is 0.263 e. The molecule has 0 saturated carbocycles. The zero-order valence-electron chi connectivity index (χ0n) is 9.93. The molecule has 0 aromatic heterocycles. The maximum absolute atomic E-state index is 10.9. The summed E-state index contributed by atoms with van der Waals surface area (Å²) in [4.78, 5) is 28.6. The quantitative estimate of drug-likeness (QED) is 0.352. The Morgan fingerprint density at radius 2 is 1.63 bits per heavy atom. The van der Waals surface area contributed by atoms with Crippen LogP contribution < -0.4 is 0 Å². The van der Waals surface area contributed by atoms with Crippen molar-refractivity contribution in [3.05, 3.63) is 48.5 Å².